The summed E-state index contributed by atoms with van der Waals surface area (Å²) >= 11 is 1.29. The second kappa shape index (κ2) is 7.03. The molecule has 1 aromatic carbocycles. The number of aromatic nitrogens is 3. The Hall–Kier alpha value is -1.87. The molecule has 1 saturated heterocycles. The number of amides is 1. The van der Waals surface area contributed by atoms with Gasteiger partial charge in [-0.3, -0.25) is 4.79 Å². The third-order valence-corrected chi connectivity index (χ3v) is 7.42. The molecule has 140 valence electrons. The molecule has 0 saturated carbocycles. The van der Waals surface area contributed by atoms with Gasteiger partial charge in [-0.05, 0) is 25.8 Å². The number of nitrogens with zero attached hydrogens (tertiary/aromatic N) is 3. The summed E-state index contributed by atoms with van der Waals surface area (Å²) in [5, 5.41) is 11.9. The van der Waals surface area contributed by atoms with Crippen LogP contribution < -0.4 is 5.32 Å². The van der Waals surface area contributed by atoms with Gasteiger partial charge in [-0.15, -0.1) is 10.2 Å². The highest BCUT2D eigenvalue weighted by atomic mass is 32.2. The number of hydrogen-bond donors (Lipinski definition) is 1. The minimum atomic E-state index is -3.05. The monoisotopic (exact) mass is 394 g/mol. The predicted molar refractivity (Wildman–Crippen MR) is 102 cm³/mol. The lowest BCUT2D eigenvalue weighted by molar-refractivity contribution is -0.120. The number of thioether (sulfide) groups is 1. The fourth-order valence-electron chi connectivity index (χ4n) is 3.11. The van der Waals surface area contributed by atoms with E-state index in [2.05, 4.69) is 15.5 Å². The van der Waals surface area contributed by atoms with Gasteiger partial charge in [0, 0.05) is 12.6 Å². The Morgan fingerprint density at radius 2 is 2.08 bits per heavy atom. The van der Waals surface area contributed by atoms with Crippen LogP contribution in [0.4, 0.5) is 0 Å². The van der Waals surface area contributed by atoms with Gasteiger partial charge in [-0.25, -0.2) is 8.42 Å². The zero-order valence-corrected chi connectivity index (χ0v) is 16.7. The molecule has 9 heteroatoms. The standard InChI is InChI=1S/C17H22N4O3S2/c1-12-6-4-5-7-13(12)15-19-20-16(21(15)3)25-10-14(22)18-17(2)8-9-26(23,24)11-17/h4-7H,8-11H2,1-3H3,(H,18,22)/t17-/m1/s1. The average Bonchev–Trinajstić information content (AvgIpc) is 3.05. The maximum atomic E-state index is 12.2. The summed E-state index contributed by atoms with van der Waals surface area (Å²) in [5.41, 5.74) is 1.43. The number of sulfone groups is 1. The van der Waals surface area contributed by atoms with E-state index < -0.39 is 15.4 Å². The maximum Gasteiger partial charge on any atom is 0.230 e. The minimum Gasteiger partial charge on any atom is -0.349 e. The summed E-state index contributed by atoms with van der Waals surface area (Å²) in [6, 6.07) is 7.93. The number of rotatable bonds is 5. The number of carbonyl (C=O) groups excluding carboxylic acids is 1. The summed E-state index contributed by atoms with van der Waals surface area (Å²) in [6.45, 7) is 3.79. The Balaban J connectivity index is 1.64. The van der Waals surface area contributed by atoms with Crippen molar-refractivity contribution in [1.82, 2.24) is 20.1 Å². The second-order valence-corrected chi connectivity index (χ2v) is 10.0. The van der Waals surface area contributed by atoms with Crippen LogP contribution in [0.15, 0.2) is 29.4 Å². The first-order valence-electron chi connectivity index (χ1n) is 8.29. The minimum absolute atomic E-state index is 0.00218. The van der Waals surface area contributed by atoms with E-state index in [1.165, 1.54) is 11.8 Å². The number of nitrogens with one attached hydrogen (secondary N) is 1. The molecule has 2 heterocycles. The lowest BCUT2D eigenvalue weighted by atomic mass is 10.0. The van der Waals surface area contributed by atoms with E-state index >= 15 is 0 Å². The number of aryl methyl sites for hydroxylation is 1. The quantitative estimate of drug-likeness (QED) is 0.774. The van der Waals surface area contributed by atoms with Gasteiger partial charge >= 0.3 is 0 Å². The van der Waals surface area contributed by atoms with Crippen LogP contribution in [0, 0.1) is 6.92 Å². The van der Waals surface area contributed by atoms with Gasteiger partial charge in [0.25, 0.3) is 0 Å². The molecule has 1 aliphatic heterocycles. The zero-order chi connectivity index (χ0) is 18.9. The van der Waals surface area contributed by atoms with E-state index in [0.717, 1.165) is 17.0 Å². The van der Waals surface area contributed by atoms with Gasteiger partial charge in [0.2, 0.25) is 5.91 Å². The van der Waals surface area contributed by atoms with Crippen molar-refractivity contribution >= 4 is 27.5 Å². The molecule has 1 fully saturated rings. The Morgan fingerprint density at radius 3 is 2.73 bits per heavy atom. The topological polar surface area (TPSA) is 94.0 Å². The molecule has 1 atom stereocenters. The first-order chi connectivity index (χ1) is 12.2. The summed E-state index contributed by atoms with van der Waals surface area (Å²) < 4.78 is 25.1. The van der Waals surface area contributed by atoms with E-state index in [9.17, 15) is 13.2 Å². The van der Waals surface area contributed by atoms with E-state index in [1.807, 2.05) is 42.8 Å². The highest BCUT2D eigenvalue weighted by molar-refractivity contribution is 7.99. The Morgan fingerprint density at radius 1 is 1.35 bits per heavy atom. The first kappa shape index (κ1) is 18.9. The summed E-state index contributed by atoms with van der Waals surface area (Å²) in [4.78, 5) is 12.2. The van der Waals surface area contributed by atoms with Crippen LogP contribution in [0.5, 0.6) is 0 Å². The van der Waals surface area contributed by atoms with Gasteiger partial charge in [0.05, 0.1) is 22.8 Å². The third kappa shape index (κ3) is 4.09. The highest BCUT2D eigenvalue weighted by Gasteiger charge is 2.39. The van der Waals surface area contributed by atoms with E-state index in [4.69, 9.17) is 0 Å². The van der Waals surface area contributed by atoms with Crippen molar-refractivity contribution in [3.8, 4) is 11.4 Å². The van der Waals surface area contributed by atoms with Crippen molar-refractivity contribution in [2.75, 3.05) is 17.3 Å². The predicted octanol–water partition coefficient (Wildman–Crippen LogP) is 1.58. The smallest absolute Gasteiger partial charge is 0.230 e. The van der Waals surface area contributed by atoms with E-state index in [-0.39, 0.29) is 23.2 Å². The average molecular weight is 395 g/mol. The van der Waals surface area contributed by atoms with Crippen LogP contribution in [0.25, 0.3) is 11.4 Å². The van der Waals surface area contributed by atoms with Crippen molar-refractivity contribution in [1.29, 1.82) is 0 Å². The van der Waals surface area contributed by atoms with Gasteiger partial charge in [0.1, 0.15) is 0 Å². The molecule has 1 amide bonds. The molecule has 1 N–H and O–H groups in total. The van der Waals surface area contributed by atoms with Crippen LogP contribution in [0.3, 0.4) is 0 Å². The molecule has 0 spiro atoms. The first-order valence-corrected chi connectivity index (χ1v) is 11.1. The van der Waals surface area contributed by atoms with Crippen molar-refractivity contribution in [2.45, 2.75) is 31.0 Å². The third-order valence-electron chi connectivity index (χ3n) is 4.50. The highest BCUT2D eigenvalue weighted by Crippen LogP contribution is 2.26. The molecule has 1 aromatic heterocycles. The number of hydrogen-bond acceptors (Lipinski definition) is 6. The Labute approximate surface area is 157 Å². The summed E-state index contributed by atoms with van der Waals surface area (Å²) in [6.07, 6.45) is 0.452. The molecular formula is C17H22N4O3S2. The summed E-state index contributed by atoms with van der Waals surface area (Å²) in [7, 11) is -1.18. The van der Waals surface area contributed by atoms with Crippen LogP contribution in [0.1, 0.15) is 18.9 Å². The van der Waals surface area contributed by atoms with Crippen LogP contribution >= 0.6 is 11.8 Å². The van der Waals surface area contributed by atoms with Gasteiger partial charge in [0.15, 0.2) is 20.8 Å². The van der Waals surface area contributed by atoms with Crippen LogP contribution in [-0.4, -0.2) is 51.9 Å². The summed E-state index contributed by atoms with van der Waals surface area (Å²) in [5.74, 6) is 0.836. The zero-order valence-electron chi connectivity index (χ0n) is 15.0. The Bertz CT molecular complexity index is 939. The van der Waals surface area contributed by atoms with E-state index in [0.29, 0.717) is 11.6 Å². The fourth-order valence-corrected chi connectivity index (χ4v) is 5.91. The van der Waals surface area contributed by atoms with Crippen LogP contribution in [-0.2, 0) is 21.7 Å². The lowest BCUT2D eigenvalue weighted by Gasteiger charge is -2.23. The molecule has 1 aliphatic rings. The molecule has 0 radical (unpaired) electrons. The molecule has 2 aromatic rings. The molecule has 0 bridgehead atoms. The number of benzene rings is 1. The fraction of sp³-hybridized carbons (Fsp3) is 0.471. The molecule has 3 rings (SSSR count). The van der Waals surface area contributed by atoms with Gasteiger partial charge < -0.3 is 9.88 Å². The maximum absolute atomic E-state index is 12.2. The molecular weight excluding hydrogens is 372 g/mol. The second-order valence-electron chi connectivity index (χ2n) is 6.92. The van der Waals surface area contributed by atoms with Crippen LogP contribution in [0.2, 0.25) is 0 Å². The van der Waals surface area contributed by atoms with Gasteiger partial charge in [-0.2, -0.15) is 0 Å². The largest absolute Gasteiger partial charge is 0.349 e. The Kier molecular flexibility index (Phi) is 5.12. The normalized spacial score (nSPS) is 21.7. The van der Waals surface area contributed by atoms with E-state index in [1.54, 1.807) is 6.92 Å². The molecule has 26 heavy (non-hydrogen) atoms. The van der Waals surface area contributed by atoms with Crippen molar-refractivity contribution in [2.24, 2.45) is 7.05 Å². The van der Waals surface area contributed by atoms with Crippen molar-refractivity contribution < 1.29 is 13.2 Å². The van der Waals surface area contributed by atoms with Crippen molar-refractivity contribution in [3.05, 3.63) is 29.8 Å². The molecule has 0 unspecified atom stereocenters. The lowest BCUT2D eigenvalue weighted by Crippen LogP contribution is -2.47. The number of carbonyl (C=O) groups is 1. The SMILES string of the molecule is Cc1ccccc1-c1nnc(SCC(=O)N[C@]2(C)CCS(=O)(=O)C2)n1C. The molecule has 0 aliphatic carbocycles. The molecule has 7 nitrogen and oxygen atoms in total. The van der Waals surface area contributed by atoms with Gasteiger partial charge in [-0.1, -0.05) is 36.0 Å². The van der Waals surface area contributed by atoms with Crippen molar-refractivity contribution in [3.63, 3.8) is 0 Å².